The Balaban J connectivity index is 0.00000133. The van der Waals surface area contributed by atoms with E-state index in [0.29, 0.717) is 6.42 Å². The molecule has 1 aliphatic carbocycles. The number of halogens is 4. The molecule has 0 fully saturated rings. The van der Waals surface area contributed by atoms with Gasteiger partial charge in [0.15, 0.2) is 0 Å². The van der Waals surface area contributed by atoms with E-state index in [9.17, 15) is 12.9 Å². The van der Waals surface area contributed by atoms with Crippen molar-refractivity contribution in [1.82, 2.24) is 0 Å². The van der Waals surface area contributed by atoms with Gasteiger partial charge in [-0.05, 0) is 40.8 Å². The van der Waals surface area contributed by atoms with E-state index >= 15 is 0 Å². The predicted octanol–water partition coefficient (Wildman–Crippen LogP) is 1.08. The van der Waals surface area contributed by atoms with Crippen molar-refractivity contribution in [2.75, 3.05) is 0 Å². The molecule has 0 spiro atoms. The quantitative estimate of drug-likeness (QED) is 0.576. The van der Waals surface area contributed by atoms with Crippen molar-refractivity contribution in [3.8, 4) is 11.1 Å². The second-order valence-electron chi connectivity index (χ2n) is 4.47. The molecule has 2 aromatic carbocycles. The van der Waals surface area contributed by atoms with Crippen molar-refractivity contribution in [3.63, 3.8) is 0 Å². The molecule has 0 N–H and O–H groups in total. The van der Waals surface area contributed by atoms with Gasteiger partial charge in [0.2, 0.25) is 0 Å². The van der Waals surface area contributed by atoms with E-state index in [1.807, 2.05) is 18.2 Å². The third kappa shape index (κ3) is 3.04. The van der Waals surface area contributed by atoms with Crippen LogP contribution in [0.5, 0.6) is 0 Å². The van der Waals surface area contributed by atoms with Crippen LogP contribution in [0.2, 0.25) is 0 Å². The number of benzene rings is 2. The molecule has 1 aliphatic rings. The zero-order valence-corrected chi connectivity index (χ0v) is 15.0. The Bertz CT molecular complexity index is 640. The molecule has 0 aliphatic heterocycles. The summed E-state index contributed by atoms with van der Waals surface area (Å²) in [6, 6.07) is 9.87. The molecule has 0 aromatic heterocycles. The molecule has 0 amide bonds. The molecule has 0 saturated carbocycles. The summed E-state index contributed by atoms with van der Waals surface area (Å²) in [5, 5.41) is 0. The Labute approximate surface area is 160 Å². The summed E-state index contributed by atoms with van der Waals surface area (Å²) in [7, 11) is 0. The van der Waals surface area contributed by atoms with Crippen LogP contribution in [0.1, 0.15) is 11.1 Å². The maximum Gasteiger partial charge on any atom is 1.00 e. The van der Waals surface area contributed by atoms with Gasteiger partial charge < -0.3 is 12.9 Å². The van der Waals surface area contributed by atoms with Gasteiger partial charge in [-0.1, -0.05) is 40.2 Å². The summed E-state index contributed by atoms with van der Waals surface area (Å²) in [6.45, 7) is -4.92. The molecule has 0 nitrogen and oxygen atoms in total. The third-order valence-electron chi connectivity index (χ3n) is 3.25. The average Bonchev–Trinajstić information content (AvgIpc) is 2.63. The normalized spacial score (nSPS) is 12.6. The fourth-order valence-corrected chi connectivity index (χ4v) is 2.81. The van der Waals surface area contributed by atoms with Crippen molar-refractivity contribution in [2.45, 2.75) is 6.42 Å². The number of hydrogen-bond acceptors (Lipinski definition) is 0. The van der Waals surface area contributed by atoms with Gasteiger partial charge in [-0.15, -0.1) is 5.46 Å². The zero-order valence-electron chi connectivity index (χ0n) is 10.3. The fourth-order valence-electron chi connectivity index (χ4n) is 2.40. The monoisotopic (exact) mass is 350 g/mol. The average molecular weight is 351 g/mol. The molecule has 6 heteroatoms. The van der Waals surface area contributed by atoms with Crippen LogP contribution in [0.25, 0.3) is 11.1 Å². The third-order valence-corrected chi connectivity index (χ3v) is 3.74. The first-order valence-electron chi connectivity index (χ1n) is 5.57. The molecule has 0 unspecified atom stereocenters. The summed E-state index contributed by atoms with van der Waals surface area (Å²) in [5.74, 6) is 0. The maximum atomic E-state index is 12.7. The minimum Gasteiger partial charge on any atom is -0.445 e. The molecular weight excluding hydrogens is 343 g/mol. The van der Waals surface area contributed by atoms with Gasteiger partial charge in [-0.2, -0.15) is 0 Å². The van der Waals surface area contributed by atoms with E-state index in [1.165, 1.54) is 12.1 Å². The first-order valence-corrected chi connectivity index (χ1v) is 6.36. The van der Waals surface area contributed by atoms with Gasteiger partial charge in [0, 0.05) is 4.47 Å². The standard InChI is InChI=1S/C13H8BBrF3.K/c15-11-2-4-13-9(7-11)5-8-6-10(14(16,17)18)1-3-12(8)13;/h1-4,6-7H,5H2;/q-1;+1. The molecule has 92 valence electrons. The SMILES string of the molecule is F[B-](F)(F)c1ccc2c(c1)Cc1cc(Br)ccc1-2.[K+]. The molecule has 19 heavy (non-hydrogen) atoms. The van der Waals surface area contributed by atoms with Crippen molar-refractivity contribution >= 4 is 28.4 Å². The van der Waals surface area contributed by atoms with Crippen LogP contribution in [0.4, 0.5) is 12.9 Å². The summed E-state index contributed by atoms with van der Waals surface area (Å²) in [5.41, 5.74) is 3.28. The van der Waals surface area contributed by atoms with Crippen LogP contribution in [0.15, 0.2) is 40.9 Å². The first-order chi connectivity index (χ1) is 8.45. The van der Waals surface area contributed by atoms with Crippen LogP contribution in [-0.2, 0) is 6.42 Å². The largest absolute Gasteiger partial charge is 1.00 e. The number of fused-ring (bicyclic) bond motifs is 3. The molecular formula is C13H8BBrF3K. The molecule has 3 rings (SSSR count). The van der Waals surface area contributed by atoms with E-state index in [2.05, 4.69) is 15.9 Å². The van der Waals surface area contributed by atoms with E-state index in [-0.39, 0.29) is 51.4 Å². The Morgan fingerprint density at radius 1 is 0.895 bits per heavy atom. The number of rotatable bonds is 1. The smallest absolute Gasteiger partial charge is 0.445 e. The van der Waals surface area contributed by atoms with Crippen LogP contribution in [0.3, 0.4) is 0 Å². The van der Waals surface area contributed by atoms with Crippen molar-refractivity contribution in [3.05, 3.63) is 52.0 Å². The molecule has 0 saturated heterocycles. The number of hydrogen-bond donors (Lipinski definition) is 0. The topological polar surface area (TPSA) is 0 Å². The van der Waals surface area contributed by atoms with Gasteiger partial charge in [0.25, 0.3) is 0 Å². The molecule has 0 heterocycles. The Hall–Kier alpha value is 0.411. The van der Waals surface area contributed by atoms with Gasteiger partial charge in [-0.3, -0.25) is 0 Å². The van der Waals surface area contributed by atoms with Crippen molar-refractivity contribution in [1.29, 1.82) is 0 Å². The predicted molar refractivity (Wildman–Crippen MR) is 71.1 cm³/mol. The Kier molecular flexibility index (Phi) is 4.70. The first kappa shape index (κ1) is 15.8. The van der Waals surface area contributed by atoms with Crippen molar-refractivity contribution in [2.24, 2.45) is 0 Å². The molecule has 0 radical (unpaired) electrons. The second-order valence-corrected chi connectivity index (χ2v) is 5.39. The van der Waals surface area contributed by atoms with Crippen LogP contribution < -0.4 is 56.8 Å². The molecule has 2 aromatic rings. The zero-order chi connectivity index (χ0) is 12.9. The van der Waals surface area contributed by atoms with Crippen molar-refractivity contribution < 1.29 is 64.3 Å². The van der Waals surface area contributed by atoms with Gasteiger partial charge in [0.1, 0.15) is 0 Å². The minimum absolute atomic E-state index is 0. The maximum absolute atomic E-state index is 12.7. The second kappa shape index (κ2) is 5.66. The van der Waals surface area contributed by atoms with E-state index in [0.717, 1.165) is 26.7 Å². The Morgan fingerprint density at radius 2 is 1.47 bits per heavy atom. The molecule has 0 atom stereocenters. The summed E-state index contributed by atoms with van der Waals surface area (Å²) < 4.78 is 39.1. The molecule has 0 bridgehead atoms. The van der Waals surface area contributed by atoms with E-state index < -0.39 is 12.4 Å². The van der Waals surface area contributed by atoms with E-state index in [4.69, 9.17) is 0 Å². The summed E-state index contributed by atoms with van der Waals surface area (Å²) in [4.78, 5) is 0. The van der Waals surface area contributed by atoms with Gasteiger partial charge in [0.05, 0.1) is 0 Å². The summed E-state index contributed by atoms with van der Waals surface area (Å²) in [6.07, 6.45) is 0.574. The minimum atomic E-state index is -4.92. The van der Waals surface area contributed by atoms with Crippen LogP contribution in [-0.4, -0.2) is 6.98 Å². The van der Waals surface area contributed by atoms with Crippen LogP contribution >= 0.6 is 15.9 Å². The van der Waals surface area contributed by atoms with Crippen LogP contribution in [0, 0.1) is 0 Å². The van der Waals surface area contributed by atoms with E-state index in [1.54, 1.807) is 6.07 Å². The van der Waals surface area contributed by atoms with Gasteiger partial charge >= 0.3 is 58.4 Å². The summed E-state index contributed by atoms with van der Waals surface area (Å²) >= 11 is 3.38. The van der Waals surface area contributed by atoms with Gasteiger partial charge in [-0.25, -0.2) is 0 Å². The fraction of sp³-hybridized carbons (Fsp3) is 0.0769. The Morgan fingerprint density at radius 3 is 2.11 bits per heavy atom.